The molecule has 2 aliphatic heterocycles. The molecule has 26 heavy (non-hydrogen) atoms. The van der Waals surface area contributed by atoms with Crippen LogP contribution in [0.1, 0.15) is 12.5 Å². The summed E-state index contributed by atoms with van der Waals surface area (Å²) in [7, 11) is 1.81. The molecule has 2 aliphatic rings. The molecule has 0 saturated carbocycles. The lowest BCUT2D eigenvalue weighted by molar-refractivity contribution is 0.0320. The SMILES string of the molecule is CN=C(NCCc1ccc2c(c1)OCO2)NCC(C)CN1CCOCC1. The second-order valence-corrected chi connectivity index (χ2v) is 6.84. The third-order valence-electron chi connectivity index (χ3n) is 4.66. The normalized spacial score (nSPS) is 18.6. The lowest BCUT2D eigenvalue weighted by atomic mass is 10.1. The molecule has 1 saturated heterocycles. The zero-order valence-electron chi connectivity index (χ0n) is 15.8. The van der Waals surface area contributed by atoms with Crippen molar-refractivity contribution < 1.29 is 14.2 Å². The van der Waals surface area contributed by atoms with Gasteiger partial charge in [0.1, 0.15) is 0 Å². The van der Waals surface area contributed by atoms with Crippen LogP contribution < -0.4 is 20.1 Å². The first-order valence-corrected chi connectivity index (χ1v) is 9.37. The van der Waals surface area contributed by atoms with Gasteiger partial charge in [-0.15, -0.1) is 0 Å². The maximum atomic E-state index is 5.42. The Morgan fingerprint density at radius 3 is 2.81 bits per heavy atom. The van der Waals surface area contributed by atoms with Gasteiger partial charge in [-0.1, -0.05) is 13.0 Å². The number of morpholine rings is 1. The second kappa shape index (κ2) is 9.64. The number of ether oxygens (including phenoxy) is 3. The molecule has 0 bridgehead atoms. The largest absolute Gasteiger partial charge is 0.454 e. The first-order chi connectivity index (χ1) is 12.7. The Balaban J connectivity index is 1.35. The molecule has 7 heteroatoms. The van der Waals surface area contributed by atoms with Gasteiger partial charge in [0.25, 0.3) is 0 Å². The van der Waals surface area contributed by atoms with Crippen LogP contribution in [0.4, 0.5) is 0 Å². The van der Waals surface area contributed by atoms with Crippen molar-refractivity contribution in [3.05, 3.63) is 23.8 Å². The Hall–Kier alpha value is -1.99. The molecule has 2 heterocycles. The van der Waals surface area contributed by atoms with Crippen LogP contribution in [0.25, 0.3) is 0 Å². The van der Waals surface area contributed by atoms with Crippen molar-refractivity contribution in [2.75, 3.05) is 59.8 Å². The first kappa shape index (κ1) is 18.8. The van der Waals surface area contributed by atoms with E-state index < -0.39 is 0 Å². The van der Waals surface area contributed by atoms with Crippen LogP contribution in [0.5, 0.6) is 11.5 Å². The Labute approximate surface area is 155 Å². The summed E-state index contributed by atoms with van der Waals surface area (Å²) in [5.41, 5.74) is 1.22. The summed E-state index contributed by atoms with van der Waals surface area (Å²) in [5, 5.41) is 6.80. The quantitative estimate of drug-likeness (QED) is 0.559. The fraction of sp³-hybridized carbons (Fsp3) is 0.632. The summed E-state index contributed by atoms with van der Waals surface area (Å²) < 4.78 is 16.2. The van der Waals surface area contributed by atoms with Crippen LogP contribution in [-0.4, -0.2) is 70.6 Å². The summed E-state index contributed by atoms with van der Waals surface area (Å²) in [5.74, 6) is 3.07. The average Bonchev–Trinajstić information content (AvgIpc) is 3.13. The molecule has 2 N–H and O–H groups in total. The molecular formula is C19H30N4O3. The van der Waals surface area contributed by atoms with Gasteiger partial charge in [-0.2, -0.15) is 0 Å². The summed E-state index contributed by atoms with van der Waals surface area (Å²) in [4.78, 5) is 6.78. The van der Waals surface area contributed by atoms with E-state index in [1.54, 1.807) is 0 Å². The predicted octanol–water partition coefficient (Wildman–Crippen LogP) is 1.09. The van der Waals surface area contributed by atoms with Crippen molar-refractivity contribution in [1.29, 1.82) is 0 Å². The van der Waals surface area contributed by atoms with Gasteiger partial charge in [-0.05, 0) is 30.0 Å². The van der Waals surface area contributed by atoms with Crippen molar-refractivity contribution in [2.24, 2.45) is 10.9 Å². The summed E-state index contributed by atoms with van der Waals surface area (Å²) in [6.07, 6.45) is 0.903. The Morgan fingerprint density at radius 2 is 2.00 bits per heavy atom. The smallest absolute Gasteiger partial charge is 0.231 e. The second-order valence-electron chi connectivity index (χ2n) is 6.84. The molecule has 1 aromatic rings. The monoisotopic (exact) mass is 362 g/mol. The minimum atomic E-state index is 0.316. The van der Waals surface area contributed by atoms with Gasteiger partial charge in [0.15, 0.2) is 17.5 Å². The molecule has 0 spiro atoms. The number of nitrogens with zero attached hydrogens (tertiary/aromatic N) is 2. The number of benzene rings is 1. The van der Waals surface area contributed by atoms with Gasteiger partial charge in [0, 0.05) is 39.8 Å². The summed E-state index contributed by atoms with van der Waals surface area (Å²) in [6, 6.07) is 6.10. The number of hydrogen-bond acceptors (Lipinski definition) is 5. The third kappa shape index (κ3) is 5.51. The van der Waals surface area contributed by atoms with Crippen molar-refractivity contribution in [3.8, 4) is 11.5 Å². The topological polar surface area (TPSA) is 67.4 Å². The maximum Gasteiger partial charge on any atom is 0.231 e. The molecule has 1 fully saturated rings. The van der Waals surface area contributed by atoms with E-state index >= 15 is 0 Å². The molecule has 0 aliphatic carbocycles. The standard InChI is InChI=1S/C19H30N4O3/c1-15(13-23-7-9-24-10-8-23)12-22-19(20-2)21-6-5-16-3-4-17-18(11-16)26-14-25-17/h3-4,11,15H,5-10,12-14H2,1-2H3,(H2,20,21,22). The molecule has 0 amide bonds. The number of fused-ring (bicyclic) bond motifs is 1. The molecule has 0 aromatic heterocycles. The van der Waals surface area contributed by atoms with E-state index in [9.17, 15) is 0 Å². The number of nitrogens with one attached hydrogen (secondary N) is 2. The highest BCUT2D eigenvalue weighted by molar-refractivity contribution is 5.79. The fourth-order valence-electron chi connectivity index (χ4n) is 3.20. The van der Waals surface area contributed by atoms with E-state index in [1.807, 2.05) is 19.2 Å². The number of aliphatic imine (C=N–C) groups is 1. The zero-order valence-corrected chi connectivity index (χ0v) is 15.8. The van der Waals surface area contributed by atoms with Crippen molar-refractivity contribution in [3.63, 3.8) is 0 Å². The van der Waals surface area contributed by atoms with Gasteiger partial charge >= 0.3 is 0 Å². The van der Waals surface area contributed by atoms with E-state index in [2.05, 4.69) is 33.5 Å². The molecule has 1 aromatic carbocycles. The average molecular weight is 362 g/mol. The van der Waals surface area contributed by atoms with Gasteiger partial charge < -0.3 is 24.8 Å². The van der Waals surface area contributed by atoms with Crippen LogP contribution in [-0.2, 0) is 11.2 Å². The summed E-state index contributed by atoms with van der Waals surface area (Å²) in [6.45, 7) is 9.16. The number of guanidine groups is 1. The predicted molar refractivity (Wildman–Crippen MR) is 102 cm³/mol. The van der Waals surface area contributed by atoms with Gasteiger partial charge in [0.2, 0.25) is 6.79 Å². The Morgan fingerprint density at radius 1 is 1.19 bits per heavy atom. The van der Waals surface area contributed by atoms with Crippen LogP contribution in [0, 0.1) is 5.92 Å². The van der Waals surface area contributed by atoms with E-state index in [0.29, 0.717) is 12.7 Å². The minimum Gasteiger partial charge on any atom is -0.454 e. The van der Waals surface area contributed by atoms with Crippen LogP contribution in [0.2, 0.25) is 0 Å². The van der Waals surface area contributed by atoms with Crippen molar-refractivity contribution in [2.45, 2.75) is 13.3 Å². The van der Waals surface area contributed by atoms with E-state index in [-0.39, 0.29) is 0 Å². The molecule has 0 radical (unpaired) electrons. The highest BCUT2D eigenvalue weighted by Gasteiger charge is 2.14. The lowest BCUT2D eigenvalue weighted by Crippen LogP contribution is -2.44. The van der Waals surface area contributed by atoms with Crippen molar-refractivity contribution in [1.82, 2.24) is 15.5 Å². The first-order valence-electron chi connectivity index (χ1n) is 9.37. The fourth-order valence-corrected chi connectivity index (χ4v) is 3.20. The molecular weight excluding hydrogens is 332 g/mol. The van der Waals surface area contributed by atoms with Crippen LogP contribution >= 0.6 is 0 Å². The molecule has 1 unspecified atom stereocenters. The van der Waals surface area contributed by atoms with E-state index in [1.165, 1.54) is 5.56 Å². The maximum absolute atomic E-state index is 5.42. The van der Waals surface area contributed by atoms with Crippen molar-refractivity contribution >= 4 is 5.96 Å². The molecule has 144 valence electrons. The molecule has 7 nitrogen and oxygen atoms in total. The van der Waals surface area contributed by atoms with E-state index in [4.69, 9.17) is 14.2 Å². The van der Waals surface area contributed by atoms with Crippen LogP contribution in [0.15, 0.2) is 23.2 Å². The summed E-state index contributed by atoms with van der Waals surface area (Å²) >= 11 is 0. The molecule has 3 rings (SSSR count). The van der Waals surface area contributed by atoms with Crippen LogP contribution in [0.3, 0.4) is 0 Å². The number of rotatable bonds is 7. The van der Waals surface area contributed by atoms with Gasteiger partial charge in [-0.25, -0.2) is 0 Å². The Kier molecular flexibility index (Phi) is 6.96. The zero-order chi connectivity index (χ0) is 18.2. The van der Waals surface area contributed by atoms with Gasteiger partial charge in [0.05, 0.1) is 13.2 Å². The highest BCUT2D eigenvalue weighted by Crippen LogP contribution is 2.32. The van der Waals surface area contributed by atoms with Gasteiger partial charge in [-0.3, -0.25) is 9.89 Å². The van der Waals surface area contributed by atoms with E-state index in [0.717, 1.165) is 69.8 Å². The highest BCUT2D eigenvalue weighted by atomic mass is 16.7. The lowest BCUT2D eigenvalue weighted by Gasteiger charge is -2.29. The minimum absolute atomic E-state index is 0.316. The molecule has 1 atom stereocenters. The Bertz CT molecular complexity index is 602. The third-order valence-corrected chi connectivity index (χ3v) is 4.66. The number of hydrogen-bond donors (Lipinski definition) is 2.